The number of carbonyl (C=O) groups excluding carboxylic acids is 2. The van der Waals surface area contributed by atoms with E-state index in [1.807, 2.05) is 24.9 Å². The Morgan fingerprint density at radius 3 is 2.76 bits per heavy atom. The van der Waals surface area contributed by atoms with Crippen LogP contribution in [0.2, 0.25) is 0 Å². The number of halogens is 1. The van der Waals surface area contributed by atoms with Gasteiger partial charge >= 0.3 is 12.1 Å². The fraction of sp³-hybridized carbons (Fsp3) is 0.704. The number of hydrogen-bond acceptors (Lipinski definition) is 6. The number of aryl methyl sites for hydroxylation is 1. The number of alkyl carbamates (subject to hydrolysis) is 1. The zero-order valence-electron chi connectivity index (χ0n) is 22.4. The van der Waals surface area contributed by atoms with Crippen LogP contribution in [-0.4, -0.2) is 83.2 Å². The van der Waals surface area contributed by atoms with Gasteiger partial charge in [-0.15, -0.1) is 0 Å². The molecule has 3 N–H and O–H groups in total. The summed E-state index contributed by atoms with van der Waals surface area (Å²) in [6, 6.07) is 4.94. The van der Waals surface area contributed by atoms with Gasteiger partial charge in [-0.3, -0.25) is 0 Å². The highest BCUT2D eigenvalue weighted by Crippen LogP contribution is 2.35. The fourth-order valence-corrected chi connectivity index (χ4v) is 5.30. The van der Waals surface area contributed by atoms with Crippen molar-refractivity contribution in [2.45, 2.75) is 51.2 Å². The van der Waals surface area contributed by atoms with Crippen LogP contribution in [0.15, 0.2) is 18.2 Å². The molecule has 3 unspecified atom stereocenters. The standard InChI is InChI=1S/C27H43FN4O5/c1-19-6-7-24(28)23(15-19)25(37-14-10-30-27(34)35-3)21-5-4-11-32(18-21)26(33)31-22(17-29-2)16-20-8-12-36-13-9-20/h6-7,15,20-22,25,29H,4-5,8-14,16-18H2,1-3H3,(H,30,34)(H,31,33). The van der Waals surface area contributed by atoms with E-state index in [1.54, 1.807) is 6.07 Å². The topological polar surface area (TPSA) is 101 Å². The van der Waals surface area contributed by atoms with Gasteiger partial charge in [-0.05, 0) is 58.1 Å². The minimum absolute atomic E-state index is 0.0339. The molecule has 37 heavy (non-hydrogen) atoms. The molecule has 3 amide bonds. The van der Waals surface area contributed by atoms with Crippen LogP contribution in [0.3, 0.4) is 0 Å². The SMILES string of the molecule is CNCC(CC1CCOCC1)NC(=O)N1CCCC(C(OCCNC(=O)OC)c2cc(C)ccc2F)C1. The Morgan fingerprint density at radius 2 is 2.03 bits per heavy atom. The van der Waals surface area contributed by atoms with Gasteiger partial charge < -0.3 is 35.1 Å². The van der Waals surface area contributed by atoms with E-state index >= 15 is 0 Å². The molecule has 0 bridgehead atoms. The van der Waals surface area contributed by atoms with Crippen LogP contribution in [-0.2, 0) is 14.2 Å². The molecule has 2 aliphatic rings. The largest absolute Gasteiger partial charge is 0.453 e. The van der Waals surface area contributed by atoms with E-state index in [-0.39, 0.29) is 37.0 Å². The third-order valence-corrected chi connectivity index (χ3v) is 7.22. The molecule has 3 atom stereocenters. The number of amides is 3. The zero-order chi connectivity index (χ0) is 26.6. The van der Waals surface area contributed by atoms with Crippen LogP contribution in [0.25, 0.3) is 0 Å². The highest BCUT2D eigenvalue weighted by molar-refractivity contribution is 5.74. The van der Waals surface area contributed by atoms with Crippen LogP contribution in [0.1, 0.15) is 49.3 Å². The van der Waals surface area contributed by atoms with Gasteiger partial charge in [0.15, 0.2) is 0 Å². The molecule has 2 aliphatic heterocycles. The lowest BCUT2D eigenvalue weighted by Gasteiger charge is -2.38. The average molecular weight is 523 g/mol. The van der Waals surface area contributed by atoms with Crippen molar-refractivity contribution in [3.05, 3.63) is 35.1 Å². The molecule has 0 spiro atoms. The van der Waals surface area contributed by atoms with Crippen molar-refractivity contribution in [3.63, 3.8) is 0 Å². The van der Waals surface area contributed by atoms with E-state index in [0.717, 1.165) is 50.9 Å². The zero-order valence-corrected chi connectivity index (χ0v) is 22.4. The number of benzene rings is 1. The summed E-state index contributed by atoms with van der Waals surface area (Å²) in [5.41, 5.74) is 1.42. The second kappa shape index (κ2) is 15.1. The second-order valence-corrected chi connectivity index (χ2v) is 10.1. The van der Waals surface area contributed by atoms with Gasteiger partial charge in [0, 0.05) is 56.9 Å². The Hall–Kier alpha value is -2.43. The van der Waals surface area contributed by atoms with Gasteiger partial charge in [0.1, 0.15) is 5.82 Å². The number of nitrogens with one attached hydrogen (secondary N) is 3. The van der Waals surface area contributed by atoms with E-state index in [9.17, 15) is 14.0 Å². The van der Waals surface area contributed by atoms with Crippen molar-refractivity contribution in [1.29, 1.82) is 0 Å². The lowest BCUT2D eigenvalue weighted by Crippen LogP contribution is -2.52. The van der Waals surface area contributed by atoms with E-state index in [0.29, 0.717) is 31.1 Å². The van der Waals surface area contributed by atoms with Crippen molar-refractivity contribution in [1.82, 2.24) is 20.9 Å². The summed E-state index contributed by atoms with van der Waals surface area (Å²) in [5.74, 6) is 0.137. The van der Waals surface area contributed by atoms with Gasteiger partial charge in [0.2, 0.25) is 0 Å². The summed E-state index contributed by atoms with van der Waals surface area (Å²) in [6.45, 7) is 5.75. The lowest BCUT2D eigenvalue weighted by atomic mass is 9.87. The molecule has 1 aromatic carbocycles. The lowest BCUT2D eigenvalue weighted by molar-refractivity contribution is -0.0107. The van der Waals surface area contributed by atoms with Crippen LogP contribution in [0.5, 0.6) is 0 Å². The van der Waals surface area contributed by atoms with Crippen LogP contribution < -0.4 is 16.0 Å². The van der Waals surface area contributed by atoms with Crippen molar-refractivity contribution in [2.75, 3.05) is 60.2 Å². The summed E-state index contributed by atoms with van der Waals surface area (Å²) in [5, 5.41) is 9.03. The maximum absolute atomic E-state index is 14.9. The highest BCUT2D eigenvalue weighted by atomic mass is 19.1. The number of ether oxygens (including phenoxy) is 3. The number of urea groups is 1. The molecule has 2 saturated heterocycles. The summed E-state index contributed by atoms with van der Waals surface area (Å²) < 4.78 is 31.2. The Morgan fingerprint density at radius 1 is 1.24 bits per heavy atom. The number of likely N-dealkylation sites (tertiary alicyclic amines) is 1. The molecule has 0 radical (unpaired) electrons. The van der Waals surface area contributed by atoms with Gasteiger partial charge in [0.25, 0.3) is 0 Å². The van der Waals surface area contributed by atoms with Crippen LogP contribution >= 0.6 is 0 Å². The minimum Gasteiger partial charge on any atom is -0.453 e. The van der Waals surface area contributed by atoms with E-state index in [1.165, 1.54) is 13.2 Å². The fourth-order valence-electron chi connectivity index (χ4n) is 5.30. The smallest absolute Gasteiger partial charge is 0.406 e. The molecule has 3 rings (SSSR count). The van der Waals surface area contributed by atoms with Gasteiger partial charge in [-0.25, -0.2) is 14.0 Å². The Labute approximate surface area is 219 Å². The number of carbonyl (C=O) groups is 2. The third-order valence-electron chi connectivity index (χ3n) is 7.22. The van der Waals surface area contributed by atoms with Crippen molar-refractivity contribution in [3.8, 4) is 0 Å². The molecule has 0 saturated carbocycles. The summed E-state index contributed by atoms with van der Waals surface area (Å²) in [7, 11) is 3.20. The van der Waals surface area contributed by atoms with Crippen molar-refractivity contribution in [2.24, 2.45) is 11.8 Å². The molecule has 1 aromatic rings. The Balaban J connectivity index is 1.66. The first kappa shape index (κ1) is 29.1. The Kier molecular flexibility index (Phi) is 11.9. The van der Waals surface area contributed by atoms with E-state index in [2.05, 4.69) is 20.7 Å². The number of methoxy groups -OCH3 is 1. The van der Waals surface area contributed by atoms with Crippen molar-refractivity contribution < 1.29 is 28.2 Å². The normalized spacial score (nSPS) is 20.2. The third kappa shape index (κ3) is 9.12. The van der Waals surface area contributed by atoms with Crippen LogP contribution in [0, 0.1) is 24.6 Å². The Bertz CT molecular complexity index is 867. The molecule has 0 aliphatic carbocycles. The van der Waals surface area contributed by atoms with E-state index in [4.69, 9.17) is 9.47 Å². The highest BCUT2D eigenvalue weighted by Gasteiger charge is 2.33. The molecule has 2 fully saturated rings. The average Bonchev–Trinajstić information content (AvgIpc) is 2.91. The monoisotopic (exact) mass is 522 g/mol. The minimum atomic E-state index is -0.542. The molecular weight excluding hydrogens is 479 g/mol. The molecule has 0 aromatic heterocycles. The first-order valence-electron chi connectivity index (χ1n) is 13.4. The summed E-state index contributed by atoms with van der Waals surface area (Å²) in [6.07, 6.45) is 3.50. The predicted molar refractivity (Wildman–Crippen MR) is 139 cm³/mol. The first-order valence-corrected chi connectivity index (χ1v) is 13.4. The quantitative estimate of drug-likeness (QED) is 0.385. The summed E-state index contributed by atoms with van der Waals surface area (Å²) in [4.78, 5) is 26.5. The number of rotatable bonds is 11. The van der Waals surface area contributed by atoms with Crippen LogP contribution in [0.4, 0.5) is 14.0 Å². The summed E-state index contributed by atoms with van der Waals surface area (Å²) >= 11 is 0. The molecule has 208 valence electrons. The van der Waals surface area contributed by atoms with E-state index < -0.39 is 12.2 Å². The van der Waals surface area contributed by atoms with Gasteiger partial charge in [-0.1, -0.05) is 17.7 Å². The molecule has 9 nitrogen and oxygen atoms in total. The second-order valence-electron chi connectivity index (χ2n) is 10.1. The number of likely N-dealkylation sites (N-methyl/N-ethyl adjacent to an activating group) is 1. The molecule has 10 heteroatoms. The van der Waals surface area contributed by atoms with Gasteiger partial charge in [-0.2, -0.15) is 0 Å². The van der Waals surface area contributed by atoms with Gasteiger partial charge in [0.05, 0.1) is 19.8 Å². The predicted octanol–water partition coefficient (Wildman–Crippen LogP) is 3.37. The molecule has 2 heterocycles. The number of hydrogen-bond donors (Lipinski definition) is 3. The maximum Gasteiger partial charge on any atom is 0.406 e. The van der Waals surface area contributed by atoms with Crippen molar-refractivity contribution >= 4 is 12.1 Å². The number of nitrogens with zero attached hydrogens (tertiary/aromatic N) is 1. The maximum atomic E-state index is 14.9. The molecular formula is C27H43FN4O5. The number of piperidine rings is 1. The first-order chi connectivity index (χ1) is 17.9.